The Hall–Kier alpha value is -1.13. The summed E-state index contributed by atoms with van der Waals surface area (Å²) >= 11 is 5.61. The molecule has 0 spiro atoms. The van der Waals surface area contributed by atoms with Gasteiger partial charge in [0.25, 0.3) is 0 Å². The van der Waals surface area contributed by atoms with Gasteiger partial charge >= 0.3 is 0 Å². The molecule has 1 heterocycles. The largest absolute Gasteiger partial charge is 0.336 e. The Morgan fingerprint density at radius 3 is 2.86 bits per heavy atom. The summed E-state index contributed by atoms with van der Waals surface area (Å²) in [7, 11) is 0. The van der Waals surface area contributed by atoms with Gasteiger partial charge in [-0.15, -0.1) is 0 Å². The maximum Gasteiger partial charge on any atom is 0.235 e. The summed E-state index contributed by atoms with van der Waals surface area (Å²) in [4.78, 5) is 10.9. The van der Waals surface area contributed by atoms with E-state index in [4.69, 9.17) is 11.6 Å². The summed E-state index contributed by atoms with van der Waals surface area (Å²) in [6, 6.07) is 4.37. The van der Waals surface area contributed by atoms with Crippen LogP contribution >= 0.6 is 11.6 Å². The molecule has 14 heavy (non-hydrogen) atoms. The number of rotatable bonds is 1. The number of carbonyl (C=O) groups is 1. The number of nitrogens with one attached hydrogen (secondary N) is 2. The molecular weight excluding hydrogens is 207 g/mol. The molecule has 1 atom stereocenters. The van der Waals surface area contributed by atoms with Gasteiger partial charge in [0.05, 0.1) is 11.6 Å². The Balaban J connectivity index is 2.24. The van der Waals surface area contributed by atoms with Crippen LogP contribution < -0.4 is 10.6 Å². The normalized spacial score (nSPS) is 21.0. The SMILES string of the molecule is O=C1CNC(c2ccc(F)c(Cl)c2)N1. The van der Waals surface area contributed by atoms with Crippen molar-refractivity contribution in [3.05, 3.63) is 34.6 Å². The molecule has 0 aromatic heterocycles. The number of hydrogen-bond acceptors (Lipinski definition) is 2. The Kier molecular flexibility index (Phi) is 2.39. The molecule has 0 radical (unpaired) electrons. The van der Waals surface area contributed by atoms with Gasteiger partial charge in [-0.05, 0) is 17.7 Å². The first kappa shape index (κ1) is 9.43. The van der Waals surface area contributed by atoms with E-state index in [0.29, 0.717) is 0 Å². The molecule has 3 nitrogen and oxygen atoms in total. The van der Waals surface area contributed by atoms with E-state index < -0.39 is 5.82 Å². The lowest BCUT2D eigenvalue weighted by Crippen LogP contribution is -2.22. The van der Waals surface area contributed by atoms with Crippen molar-refractivity contribution in [2.24, 2.45) is 0 Å². The molecule has 1 fully saturated rings. The molecule has 2 N–H and O–H groups in total. The molecule has 74 valence electrons. The zero-order valence-electron chi connectivity index (χ0n) is 7.18. The lowest BCUT2D eigenvalue weighted by atomic mass is 10.2. The van der Waals surface area contributed by atoms with Gasteiger partial charge in [-0.3, -0.25) is 10.1 Å². The van der Waals surface area contributed by atoms with Crippen LogP contribution in [0.25, 0.3) is 0 Å². The Morgan fingerprint density at radius 1 is 1.50 bits per heavy atom. The molecule has 2 rings (SSSR count). The number of carbonyl (C=O) groups excluding carboxylic acids is 1. The minimum Gasteiger partial charge on any atom is -0.336 e. The van der Waals surface area contributed by atoms with Gasteiger partial charge in [-0.25, -0.2) is 4.39 Å². The second-order valence-electron chi connectivity index (χ2n) is 3.05. The second-order valence-corrected chi connectivity index (χ2v) is 3.46. The fraction of sp³-hybridized carbons (Fsp3) is 0.222. The van der Waals surface area contributed by atoms with Crippen LogP contribution in [0.5, 0.6) is 0 Å². The summed E-state index contributed by atoms with van der Waals surface area (Å²) in [6.45, 7) is 0.277. The molecule has 1 aliphatic heterocycles. The molecule has 1 aromatic carbocycles. The monoisotopic (exact) mass is 214 g/mol. The highest BCUT2D eigenvalue weighted by atomic mass is 35.5. The first-order chi connectivity index (χ1) is 6.66. The fourth-order valence-electron chi connectivity index (χ4n) is 1.35. The van der Waals surface area contributed by atoms with E-state index in [1.807, 2.05) is 0 Å². The summed E-state index contributed by atoms with van der Waals surface area (Å²) in [5.41, 5.74) is 0.752. The molecule has 1 amide bonds. The lowest BCUT2D eigenvalue weighted by Gasteiger charge is -2.10. The Labute approximate surface area is 85.3 Å². The highest BCUT2D eigenvalue weighted by molar-refractivity contribution is 6.30. The topological polar surface area (TPSA) is 41.1 Å². The zero-order chi connectivity index (χ0) is 10.1. The van der Waals surface area contributed by atoms with Gasteiger partial charge < -0.3 is 5.32 Å². The third kappa shape index (κ3) is 1.71. The standard InChI is InChI=1S/C9H8ClFN2O/c10-6-3-5(1-2-7(6)11)9-12-4-8(14)13-9/h1-3,9,12H,4H2,(H,13,14). The smallest absolute Gasteiger partial charge is 0.235 e. The molecule has 1 aliphatic rings. The van der Waals surface area contributed by atoms with Crippen molar-refractivity contribution < 1.29 is 9.18 Å². The first-order valence-electron chi connectivity index (χ1n) is 4.14. The van der Waals surface area contributed by atoms with Crippen LogP contribution in [0.1, 0.15) is 11.7 Å². The van der Waals surface area contributed by atoms with Crippen molar-refractivity contribution in [1.29, 1.82) is 0 Å². The molecule has 0 bridgehead atoms. The molecule has 1 saturated heterocycles. The molecule has 5 heteroatoms. The van der Waals surface area contributed by atoms with Crippen molar-refractivity contribution in [1.82, 2.24) is 10.6 Å². The van der Waals surface area contributed by atoms with Gasteiger partial charge in [0.2, 0.25) is 5.91 Å². The van der Waals surface area contributed by atoms with E-state index in [1.165, 1.54) is 12.1 Å². The molecule has 1 aromatic rings. The van der Waals surface area contributed by atoms with Gasteiger partial charge in [0, 0.05) is 0 Å². The van der Waals surface area contributed by atoms with Crippen molar-refractivity contribution in [3.8, 4) is 0 Å². The second kappa shape index (κ2) is 3.55. The number of amides is 1. The van der Waals surface area contributed by atoms with Crippen molar-refractivity contribution in [3.63, 3.8) is 0 Å². The fourth-order valence-corrected chi connectivity index (χ4v) is 1.54. The lowest BCUT2D eigenvalue weighted by molar-refractivity contribution is -0.118. The Morgan fingerprint density at radius 2 is 2.29 bits per heavy atom. The highest BCUT2D eigenvalue weighted by Gasteiger charge is 2.21. The summed E-state index contributed by atoms with van der Waals surface area (Å²) < 4.78 is 12.8. The highest BCUT2D eigenvalue weighted by Crippen LogP contribution is 2.20. The van der Waals surface area contributed by atoms with Crippen molar-refractivity contribution in [2.45, 2.75) is 6.17 Å². The molecule has 0 aliphatic carbocycles. The van der Waals surface area contributed by atoms with Gasteiger partial charge in [-0.1, -0.05) is 17.7 Å². The molecular formula is C9H8ClFN2O. The van der Waals surface area contributed by atoms with Crippen molar-refractivity contribution in [2.75, 3.05) is 6.54 Å². The van der Waals surface area contributed by atoms with Crippen LogP contribution in [0, 0.1) is 5.82 Å². The van der Waals surface area contributed by atoms with Crippen LogP contribution in [-0.2, 0) is 4.79 Å². The van der Waals surface area contributed by atoms with Crippen molar-refractivity contribution >= 4 is 17.5 Å². The van der Waals surface area contributed by atoms with E-state index in [1.54, 1.807) is 6.07 Å². The maximum absolute atomic E-state index is 12.8. The quantitative estimate of drug-likeness (QED) is 0.738. The van der Waals surface area contributed by atoms with Gasteiger partial charge in [0.15, 0.2) is 0 Å². The summed E-state index contributed by atoms with van der Waals surface area (Å²) in [5, 5.41) is 5.67. The van der Waals surface area contributed by atoms with E-state index in [9.17, 15) is 9.18 Å². The van der Waals surface area contributed by atoms with Crippen LogP contribution in [0.2, 0.25) is 5.02 Å². The van der Waals surface area contributed by atoms with Crippen LogP contribution in [0.3, 0.4) is 0 Å². The minimum atomic E-state index is -0.459. The Bertz CT molecular complexity index is 383. The van der Waals surface area contributed by atoms with Gasteiger partial charge in [-0.2, -0.15) is 0 Å². The summed E-state index contributed by atoms with van der Waals surface area (Å²) in [5.74, 6) is -0.532. The average molecular weight is 215 g/mol. The van der Waals surface area contributed by atoms with E-state index in [-0.39, 0.29) is 23.6 Å². The molecule has 1 unspecified atom stereocenters. The van der Waals surface area contributed by atoms with Crippen LogP contribution in [0.15, 0.2) is 18.2 Å². The van der Waals surface area contributed by atoms with E-state index in [2.05, 4.69) is 10.6 Å². The first-order valence-corrected chi connectivity index (χ1v) is 4.52. The number of hydrogen-bond donors (Lipinski definition) is 2. The van der Waals surface area contributed by atoms with Crippen LogP contribution in [-0.4, -0.2) is 12.5 Å². The summed E-state index contributed by atoms with van der Waals surface area (Å²) in [6.07, 6.45) is -0.263. The third-order valence-electron chi connectivity index (χ3n) is 2.05. The van der Waals surface area contributed by atoms with Crippen LogP contribution in [0.4, 0.5) is 4.39 Å². The number of benzene rings is 1. The third-order valence-corrected chi connectivity index (χ3v) is 2.34. The molecule has 0 saturated carbocycles. The predicted octanol–water partition coefficient (Wildman–Crippen LogP) is 1.20. The van der Waals surface area contributed by atoms with E-state index >= 15 is 0 Å². The van der Waals surface area contributed by atoms with Gasteiger partial charge in [0.1, 0.15) is 12.0 Å². The number of halogens is 2. The van der Waals surface area contributed by atoms with E-state index in [0.717, 1.165) is 5.56 Å². The maximum atomic E-state index is 12.8. The minimum absolute atomic E-state index is 0.0606. The average Bonchev–Trinajstić information content (AvgIpc) is 2.57. The predicted molar refractivity (Wildman–Crippen MR) is 50.3 cm³/mol. The zero-order valence-corrected chi connectivity index (χ0v) is 7.94.